The quantitative estimate of drug-likeness (QED) is 0.172. The second-order valence-electron chi connectivity index (χ2n) is 8.42. The van der Waals surface area contributed by atoms with Gasteiger partial charge in [-0.3, -0.25) is 9.59 Å². The third-order valence-electron chi connectivity index (χ3n) is 4.32. The minimum absolute atomic E-state index is 0. The van der Waals surface area contributed by atoms with Crippen LogP contribution in [0.25, 0.3) is 0 Å². The third kappa shape index (κ3) is 21.4. The first-order chi connectivity index (χ1) is 13.8. The third-order valence-corrected chi connectivity index (χ3v) is 6.78. The molecule has 0 N–H and O–H groups in total. The van der Waals surface area contributed by atoms with Crippen molar-refractivity contribution in [2.75, 3.05) is 11.5 Å². The molecule has 0 spiro atoms. The van der Waals surface area contributed by atoms with E-state index in [1.807, 2.05) is 0 Å². The summed E-state index contributed by atoms with van der Waals surface area (Å²) in [5.41, 5.74) is 0. The molecule has 31 heavy (non-hydrogen) atoms. The Kier molecular flexibility index (Phi) is 18.5. The predicted octanol–water partition coefficient (Wildman–Crippen LogP) is 3.30. The van der Waals surface area contributed by atoms with Crippen molar-refractivity contribution in [1.29, 1.82) is 0 Å². The number of hydrogen-bond donors (Lipinski definition) is 0. The van der Waals surface area contributed by atoms with Gasteiger partial charge in [0.05, 0.1) is 24.3 Å². The summed E-state index contributed by atoms with van der Waals surface area (Å²) in [5.74, 6) is -1.64. The molecular weight excluding hydrogens is 455 g/mol. The topological polar surface area (TPSA) is 121 Å². The molecule has 0 amide bonds. The summed E-state index contributed by atoms with van der Waals surface area (Å²) in [6.07, 6.45) is 4.90. The van der Waals surface area contributed by atoms with Crippen LogP contribution in [0.5, 0.6) is 0 Å². The van der Waals surface area contributed by atoms with Crippen molar-refractivity contribution in [3.05, 3.63) is 0 Å². The van der Waals surface area contributed by atoms with Gasteiger partial charge in [-0.2, -0.15) is 16.8 Å². The first-order valence-corrected chi connectivity index (χ1v) is 13.9. The predicted molar refractivity (Wildman–Crippen MR) is 123 cm³/mol. The number of carbonyl (C=O) groups is 2. The van der Waals surface area contributed by atoms with Crippen LogP contribution < -0.4 is 0 Å². The molecule has 0 atom stereocenters. The fourth-order valence-corrected chi connectivity index (χ4v) is 4.69. The standard InChI is InChI=1S/C20H38O8S2.Na.H/c1-17(2)11-7-5-9-15-29(23,24)27-19(21)13-14-20(22)28-30(25,26)16-10-6-8-12-18(3)4;;/h17-18H,5-16H2,1-4H3;;. The van der Waals surface area contributed by atoms with Crippen LogP contribution in [0, 0.1) is 11.8 Å². The van der Waals surface area contributed by atoms with E-state index < -0.39 is 45.0 Å². The van der Waals surface area contributed by atoms with Crippen LogP contribution in [0.3, 0.4) is 0 Å². The van der Waals surface area contributed by atoms with Gasteiger partial charge in [-0.05, 0) is 24.7 Å². The van der Waals surface area contributed by atoms with Gasteiger partial charge in [0.25, 0.3) is 0 Å². The van der Waals surface area contributed by atoms with E-state index in [9.17, 15) is 26.4 Å². The summed E-state index contributed by atoms with van der Waals surface area (Å²) in [6, 6.07) is 0. The minimum atomic E-state index is -4.01. The van der Waals surface area contributed by atoms with Gasteiger partial charge >= 0.3 is 61.7 Å². The summed E-state index contributed by atoms with van der Waals surface area (Å²) in [6.45, 7) is 8.34. The molecule has 180 valence electrons. The SMILES string of the molecule is CC(C)CCCCCS(=O)(=O)OC(=O)CCC(=O)OS(=O)(=O)CCCCCC(C)C.[NaH]. The van der Waals surface area contributed by atoms with Crippen LogP contribution in [0.15, 0.2) is 0 Å². The molecule has 0 aromatic rings. The van der Waals surface area contributed by atoms with Crippen LogP contribution in [0.4, 0.5) is 0 Å². The molecule has 0 saturated carbocycles. The molecule has 0 aliphatic heterocycles. The van der Waals surface area contributed by atoms with Crippen molar-refractivity contribution < 1.29 is 34.8 Å². The fourth-order valence-electron chi connectivity index (χ4n) is 2.67. The van der Waals surface area contributed by atoms with Crippen LogP contribution >= 0.6 is 0 Å². The second-order valence-corrected chi connectivity index (χ2v) is 11.8. The molecule has 0 aromatic carbocycles. The second kappa shape index (κ2) is 17.3. The molecule has 0 bridgehead atoms. The zero-order valence-corrected chi connectivity index (χ0v) is 20.4. The van der Waals surface area contributed by atoms with Crippen LogP contribution in [-0.2, 0) is 38.2 Å². The molecule has 0 saturated heterocycles. The Hall–Kier alpha value is -0.160. The molecule has 0 aliphatic rings. The van der Waals surface area contributed by atoms with E-state index in [0.29, 0.717) is 24.7 Å². The maximum absolute atomic E-state index is 11.8. The number of carbonyl (C=O) groups excluding carboxylic acids is 2. The van der Waals surface area contributed by atoms with Gasteiger partial charge in [0.15, 0.2) is 0 Å². The average molecular weight is 495 g/mol. The van der Waals surface area contributed by atoms with E-state index >= 15 is 0 Å². The van der Waals surface area contributed by atoms with Gasteiger partial charge in [0.2, 0.25) is 0 Å². The number of unbranched alkanes of at least 4 members (excludes halogenated alkanes) is 4. The molecule has 0 heterocycles. The summed E-state index contributed by atoms with van der Waals surface area (Å²) in [5, 5.41) is 0. The van der Waals surface area contributed by atoms with Crippen LogP contribution in [0.2, 0.25) is 0 Å². The monoisotopic (exact) mass is 494 g/mol. The first-order valence-electron chi connectivity index (χ1n) is 10.7. The molecular formula is C20H39NaO8S2. The van der Waals surface area contributed by atoms with Crippen molar-refractivity contribution in [3.63, 3.8) is 0 Å². The normalized spacial score (nSPS) is 11.9. The van der Waals surface area contributed by atoms with Gasteiger partial charge in [-0.1, -0.05) is 66.2 Å². The van der Waals surface area contributed by atoms with Gasteiger partial charge in [0.1, 0.15) is 0 Å². The molecule has 0 rings (SSSR count). The Morgan fingerprint density at radius 3 is 1.23 bits per heavy atom. The Morgan fingerprint density at radius 2 is 0.935 bits per heavy atom. The molecule has 0 unspecified atom stereocenters. The van der Waals surface area contributed by atoms with E-state index in [1.54, 1.807) is 0 Å². The van der Waals surface area contributed by atoms with Gasteiger partial charge in [-0.25, -0.2) is 0 Å². The van der Waals surface area contributed by atoms with E-state index in [4.69, 9.17) is 0 Å². The summed E-state index contributed by atoms with van der Waals surface area (Å²) < 4.78 is 55.9. The Labute approximate surface area is 210 Å². The summed E-state index contributed by atoms with van der Waals surface area (Å²) in [4.78, 5) is 23.3. The van der Waals surface area contributed by atoms with Crippen LogP contribution in [-0.4, -0.2) is 69.8 Å². The average Bonchev–Trinajstić information content (AvgIpc) is 2.57. The first kappa shape index (κ1) is 33.0. The molecule has 0 aromatic heterocycles. The van der Waals surface area contributed by atoms with Gasteiger partial charge in [0, 0.05) is 0 Å². The van der Waals surface area contributed by atoms with E-state index in [-0.39, 0.29) is 41.1 Å². The van der Waals surface area contributed by atoms with Gasteiger partial charge < -0.3 is 8.37 Å². The zero-order chi connectivity index (χ0) is 23.2. The van der Waals surface area contributed by atoms with E-state index in [1.165, 1.54) is 0 Å². The van der Waals surface area contributed by atoms with Crippen molar-refractivity contribution >= 4 is 61.7 Å². The van der Waals surface area contributed by atoms with Crippen molar-refractivity contribution in [1.82, 2.24) is 0 Å². The van der Waals surface area contributed by atoms with Gasteiger partial charge in [-0.15, -0.1) is 0 Å². The zero-order valence-electron chi connectivity index (χ0n) is 18.7. The van der Waals surface area contributed by atoms with E-state index in [0.717, 1.165) is 38.5 Å². The number of rotatable bonds is 17. The molecule has 0 fully saturated rings. The van der Waals surface area contributed by atoms with Crippen molar-refractivity contribution in [2.24, 2.45) is 11.8 Å². The molecule has 0 aliphatic carbocycles. The molecule has 8 nitrogen and oxygen atoms in total. The van der Waals surface area contributed by atoms with E-state index in [2.05, 4.69) is 36.1 Å². The maximum atomic E-state index is 11.8. The summed E-state index contributed by atoms with van der Waals surface area (Å²) in [7, 11) is -8.02. The molecule has 11 heteroatoms. The fraction of sp³-hybridized carbons (Fsp3) is 0.900. The number of hydrogen-bond acceptors (Lipinski definition) is 8. The molecule has 0 radical (unpaired) electrons. The van der Waals surface area contributed by atoms with Crippen molar-refractivity contribution in [2.45, 2.75) is 91.9 Å². The Morgan fingerprint density at radius 1 is 0.613 bits per heavy atom. The summed E-state index contributed by atoms with van der Waals surface area (Å²) >= 11 is 0. The Balaban J connectivity index is 0. The van der Waals surface area contributed by atoms with Crippen molar-refractivity contribution in [3.8, 4) is 0 Å². The van der Waals surface area contributed by atoms with Crippen LogP contribution in [0.1, 0.15) is 91.9 Å². The Bertz CT molecular complexity index is 653.